The second kappa shape index (κ2) is 6.16. The molecule has 0 bridgehead atoms. The first-order valence-electron chi connectivity index (χ1n) is 8.72. The van der Waals surface area contributed by atoms with Crippen molar-refractivity contribution in [2.75, 3.05) is 4.90 Å². The lowest BCUT2D eigenvalue weighted by Gasteiger charge is -2.42. The van der Waals surface area contributed by atoms with Crippen LogP contribution >= 0.6 is 11.3 Å². The van der Waals surface area contributed by atoms with Gasteiger partial charge in [0.1, 0.15) is 5.82 Å². The molecule has 0 saturated heterocycles. The van der Waals surface area contributed by atoms with E-state index in [1.165, 1.54) is 12.1 Å². The summed E-state index contributed by atoms with van der Waals surface area (Å²) in [6.45, 7) is 4.08. The second-order valence-corrected chi connectivity index (χ2v) is 8.60. The number of carbonyl (C=O) groups excluding carboxylic acids is 2. The van der Waals surface area contributed by atoms with Crippen LogP contribution in [-0.4, -0.2) is 11.7 Å². The molecule has 1 aromatic carbocycles. The maximum atomic E-state index is 13.8. The minimum Gasteiger partial charge on any atom is -0.294 e. The Morgan fingerprint density at radius 1 is 1.19 bits per heavy atom. The van der Waals surface area contributed by atoms with Crippen molar-refractivity contribution >= 4 is 28.7 Å². The highest BCUT2D eigenvalue weighted by Gasteiger charge is 2.44. The zero-order valence-corrected chi connectivity index (χ0v) is 15.6. The van der Waals surface area contributed by atoms with Crippen LogP contribution in [0.15, 0.2) is 52.4 Å². The van der Waals surface area contributed by atoms with E-state index < -0.39 is 0 Å². The molecule has 2 aliphatic rings. The van der Waals surface area contributed by atoms with E-state index in [1.54, 1.807) is 28.4 Å². The van der Waals surface area contributed by atoms with E-state index in [1.807, 2.05) is 30.7 Å². The molecule has 0 saturated carbocycles. The van der Waals surface area contributed by atoms with Crippen molar-refractivity contribution in [2.45, 2.75) is 39.0 Å². The Kier molecular flexibility index (Phi) is 4.07. The highest BCUT2D eigenvalue weighted by molar-refractivity contribution is 7.08. The third kappa shape index (κ3) is 2.90. The Morgan fingerprint density at radius 3 is 2.69 bits per heavy atom. The first kappa shape index (κ1) is 17.2. The van der Waals surface area contributed by atoms with E-state index in [4.69, 9.17) is 0 Å². The van der Waals surface area contributed by atoms with Crippen LogP contribution in [0.1, 0.15) is 44.6 Å². The lowest BCUT2D eigenvalue weighted by Crippen LogP contribution is -2.43. The molecule has 4 rings (SSSR count). The van der Waals surface area contributed by atoms with Gasteiger partial charge in [0.05, 0.1) is 5.69 Å². The van der Waals surface area contributed by atoms with Gasteiger partial charge in [-0.05, 0) is 52.4 Å². The smallest absolute Gasteiger partial charge is 0.232 e. The van der Waals surface area contributed by atoms with Gasteiger partial charge in [-0.3, -0.25) is 14.5 Å². The zero-order valence-electron chi connectivity index (χ0n) is 14.8. The second-order valence-electron chi connectivity index (χ2n) is 7.82. The molecule has 134 valence electrons. The number of halogens is 1. The van der Waals surface area contributed by atoms with Crippen molar-refractivity contribution < 1.29 is 14.0 Å². The molecule has 3 nitrogen and oxygen atoms in total. The summed E-state index contributed by atoms with van der Waals surface area (Å²) in [5.41, 5.74) is 2.76. The van der Waals surface area contributed by atoms with Gasteiger partial charge < -0.3 is 0 Å². The van der Waals surface area contributed by atoms with Crippen molar-refractivity contribution in [3.05, 3.63) is 63.7 Å². The summed E-state index contributed by atoms with van der Waals surface area (Å²) in [4.78, 5) is 27.6. The summed E-state index contributed by atoms with van der Waals surface area (Å²) in [7, 11) is 0. The van der Waals surface area contributed by atoms with Gasteiger partial charge in [0.25, 0.3) is 0 Å². The summed E-state index contributed by atoms with van der Waals surface area (Å²) in [5.74, 6) is -0.576. The highest BCUT2D eigenvalue weighted by atomic mass is 32.1. The Balaban J connectivity index is 1.91. The van der Waals surface area contributed by atoms with E-state index in [9.17, 15) is 14.0 Å². The first-order chi connectivity index (χ1) is 12.4. The fraction of sp³-hybridized carbons (Fsp3) is 0.333. The Bertz CT molecular complexity index is 914. The molecule has 5 heteroatoms. The molecule has 0 spiro atoms. The molecule has 0 fully saturated rings. The number of rotatable bonds is 2. The molecule has 0 radical (unpaired) electrons. The Morgan fingerprint density at radius 2 is 2.00 bits per heavy atom. The maximum Gasteiger partial charge on any atom is 0.232 e. The first-order valence-corrected chi connectivity index (χ1v) is 9.67. The van der Waals surface area contributed by atoms with E-state index >= 15 is 0 Å². The summed E-state index contributed by atoms with van der Waals surface area (Å²) in [5, 5.41) is 3.98. The van der Waals surface area contributed by atoms with Gasteiger partial charge in [-0.1, -0.05) is 19.9 Å². The summed E-state index contributed by atoms with van der Waals surface area (Å²) in [6.07, 6.45) is 1.33. The number of ketones is 1. The third-order valence-electron chi connectivity index (χ3n) is 5.15. The van der Waals surface area contributed by atoms with Gasteiger partial charge in [0, 0.05) is 30.0 Å². The molecule has 1 aliphatic heterocycles. The van der Waals surface area contributed by atoms with Crippen LogP contribution in [0.5, 0.6) is 0 Å². The van der Waals surface area contributed by atoms with Gasteiger partial charge in [0.2, 0.25) is 5.91 Å². The van der Waals surface area contributed by atoms with Crippen LogP contribution in [0.4, 0.5) is 10.1 Å². The van der Waals surface area contributed by atoms with E-state index in [2.05, 4.69) is 0 Å². The average Bonchev–Trinajstić information content (AvgIpc) is 3.06. The minimum absolute atomic E-state index is 0.0870. The van der Waals surface area contributed by atoms with Crippen molar-refractivity contribution in [3.63, 3.8) is 0 Å². The van der Waals surface area contributed by atoms with Crippen LogP contribution in [0.2, 0.25) is 0 Å². The number of amides is 1. The van der Waals surface area contributed by atoms with Crippen molar-refractivity contribution in [2.24, 2.45) is 5.41 Å². The van der Waals surface area contributed by atoms with Crippen LogP contribution in [0, 0.1) is 11.2 Å². The summed E-state index contributed by atoms with van der Waals surface area (Å²) < 4.78 is 13.8. The van der Waals surface area contributed by atoms with Crippen LogP contribution in [0.25, 0.3) is 0 Å². The quantitative estimate of drug-likeness (QED) is 0.743. The van der Waals surface area contributed by atoms with Crippen LogP contribution in [0.3, 0.4) is 0 Å². The van der Waals surface area contributed by atoms with Crippen molar-refractivity contribution in [1.82, 2.24) is 0 Å². The van der Waals surface area contributed by atoms with Gasteiger partial charge in [0.15, 0.2) is 5.78 Å². The molecule has 2 aromatic rings. The molecular formula is C21H20FNO2S. The molecular weight excluding hydrogens is 349 g/mol. The molecule has 26 heavy (non-hydrogen) atoms. The molecule has 1 amide bonds. The topological polar surface area (TPSA) is 37.4 Å². The van der Waals surface area contributed by atoms with Gasteiger partial charge in [-0.15, -0.1) is 0 Å². The lowest BCUT2D eigenvalue weighted by molar-refractivity contribution is -0.121. The molecule has 0 unspecified atom stereocenters. The van der Waals surface area contributed by atoms with Gasteiger partial charge in [-0.2, -0.15) is 11.3 Å². The molecule has 2 heterocycles. The number of Topliss-reactive ketones (excluding diaryl/α,β-unsaturated/α-hetero) is 1. The largest absolute Gasteiger partial charge is 0.294 e. The molecule has 1 atom stereocenters. The number of nitrogens with zero attached hydrogens (tertiary/aromatic N) is 1. The van der Waals surface area contributed by atoms with E-state index in [0.717, 1.165) is 16.8 Å². The number of allylic oxidation sites excluding steroid dienone is 2. The molecule has 1 aromatic heterocycles. The number of benzene rings is 1. The Hall–Kier alpha value is -2.27. The predicted molar refractivity (Wildman–Crippen MR) is 101 cm³/mol. The monoisotopic (exact) mass is 369 g/mol. The van der Waals surface area contributed by atoms with E-state index in [0.29, 0.717) is 18.5 Å². The normalized spacial score (nSPS) is 22.6. The number of hydrogen-bond acceptors (Lipinski definition) is 3. The molecule has 0 N–H and O–H groups in total. The fourth-order valence-corrected chi connectivity index (χ4v) is 4.80. The van der Waals surface area contributed by atoms with Gasteiger partial charge in [-0.25, -0.2) is 4.39 Å². The standard InChI is InChI=1S/C21H20FNO2S/c1-21(2)10-17-20(18(24)11-21)16(13-6-7-26-12-13)9-19(25)23(17)15-5-3-4-14(22)8-15/h3-8,12,16H,9-11H2,1-2H3/t16-/m0/s1. The summed E-state index contributed by atoms with van der Waals surface area (Å²) in [6, 6.07) is 8.02. The fourth-order valence-electron chi connectivity index (χ4n) is 4.09. The van der Waals surface area contributed by atoms with E-state index in [-0.39, 0.29) is 35.3 Å². The number of thiophene rings is 1. The minimum atomic E-state index is -0.390. The molecule has 1 aliphatic carbocycles. The number of anilines is 1. The van der Waals surface area contributed by atoms with Crippen molar-refractivity contribution in [3.8, 4) is 0 Å². The van der Waals surface area contributed by atoms with Crippen molar-refractivity contribution in [1.29, 1.82) is 0 Å². The zero-order chi connectivity index (χ0) is 18.5. The highest BCUT2D eigenvalue weighted by Crippen LogP contribution is 2.48. The SMILES string of the molecule is CC1(C)CC(=O)C2=C(C1)N(c1cccc(F)c1)C(=O)C[C@H]2c1ccsc1. The Labute approximate surface area is 156 Å². The lowest BCUT2D eigenvalue weighted by atomic mass is 9.69. The predicted octanol–water partition coefficient (Wildman–Crippen LogP) is 5.05. The maximum absolute atomic E-state index is 13.8. The van der Waals surface area contributed by atoms with Crippen LogP contribution in [-0.2, 0) is 9.59 Å². The number of carbonyl (C=O) groups is 2. The van der Waals surface area contributed by atoms with Gasteiger partial charge >= 0.3 is 0 Å². The summed E-state index contributed by atoms with van der Waals surface area (Å²) >= 11 is 1.57. The van der Waals surface area contributed by atoms with Crippen LogP contribution < -0.4 is 4.90 Å². The average molecular weight is 369 g/mol. The number of hydrogen-bond donors (Lipinski definition) is 0. The third-order valence-corrected chi connectivity index (χ3v) is 5.86.